The van der Waals surface area contributed by atoms with Crippen LogP contribution < -0.4 is 15.8 Å². The third kappa shape index (κ3) is 16.4. The summed E-state index contributed by atoms with van der Waals surface area (Å²) in [5.74, 6) is -1.86. The van der Waals surface area contributed by atoms with Crippen LogP contribution in [0.15, 0.2) is 176 Å². The molecule has 0 aromatic heterocycles. The lowest BCUT2D eigenvalue weighted by molar-refractivity contribution is 0.263. The Kier molecular flexibility index (Phi) is 19.8. The number of rotatable bonds is 24. The summed E-state index contributed by atoms with van der Waals surface area (Å²) >= 11 is 0. The first kappa shape index (κ1) is 68.0. The van der Waals surface area contributed by atoms with Gasteiger partial charge in [0.15, 0.2) is 11.5 Å². The molecule has 8 aromatic rings. The lowest BCUT2D eigenvalue weighted by Gasteiger charge is -2.20. The van der Waals surface area contributed by atoms with Gasteiger partial charge >= 0.3 is 20.8 Å². The number of nitrogens with two attached hydrogens (primary N) is 2. The fourth-order valence-corrected chi connectivity index (χ4v) is 12.8. The number of phenols is 2. The molecule has 480 valence electrons. The number of hydrogen-bond donors (Lipinski definition) is 9. The second kappa shape index (κ2) is 26.5. The van der Waals surface area contributed by atoms with Crippen LogP contribution in [0.2, 0.25) is 0 Å². The van der Waals surface area contributed by atoms with Crippen LogP contribution in [-0.4, -0.2) is 104 Å². The van der Waals surface area contributed by atoms with E-state index in [-0.39, 0.29) is 76.0 Å². The Labute approximate surface area is 519 Å². The summed E-state index contributed by atoms with van der Waals surface area (Å²) < 4.78 is 205. The van der Waals surface area contributed by atoms with Crippen molar-refractivity contribution in [2.45, 2.75) is 59.1 Å². The normalized spacial score (nSPS) is 13.1. The standard InChI is InChI=1S/C53H51N11O21S6/c1-29-24-33-26-42(88(72,73)74)50(52(65)44(33)46(54)48(29)60-56-35-12-8-31(9-13-35)6-4-22-84-90(78,79)80)62-58-37-16-19-39(20-17-37)86(67,68)64(3)38-18-21-40(41(28-38)87(69,70)71)59-63-51-43(89(75,76)77)27-34-25-30(2)49(47(55)45(34)53(51)66)61-57-36-14-10-32(11-15-36)7-5-23-85-91(81,82)83/h8-21,24-28,65-66H,4-7,22-23,54-55H2,1-3H3,(H,69,70,71)(H,72,73,74)(H,75,76,77)(H,78,79,80)(H,81,82,83). The molecule has 0 aliphatic rings. The van der Waals surface area contributed by atoms with Gasteiger partial charge in [0.25, 0.3) is 40.4 Å². The third-order valence-electron chi connectivity index (χ3n) is 13.3. The molecule has 0 saturated carbocycles. The van der Waals surface area contributed by atoms with Crippen LogP contribution in [0.25, 0.3) is 21.5 Å². The number of fused-ring (bicyclic) bond motifs is 2. The number of nitrogen functional groups attached to an aromatic ring is 2. The van der Waals surface area contributed by atoms with E-state index < -0.39 is 115 Å². The SMILES string of the molecule is Cc1cc2cc(S(=O)(=O)O)c(N=Nc3ccc(S(=O)(=O)N(C)c4ccc(N=Nc5c(S(=O)(=O)O)cc6cc(C)c(N=Nc7ccc(CCCOS(=O)(=O)O)cc7)c(N)c6c5O)c(S(=O)(=O)O)c4)cc3)c(O)c2c(N)c1N=Nc1ccc(CCCOS(=O)(=O)O)cc1. The van der Waals surface area contributed by atoms with E-state index in [0.717, 1.165) is 66.7 Å². The zero-order valence-electron chi connectivity index (χ0n) is 47.2. The maximum absolute atomic E-state index is 14.0. The number of anilines is 3. The van der Waals surface area contributed by atoms with Gasteiger partial charge in [-0.1, -0.05) is 24.3 Å². The van der Waals surface area contributed by atoms with Gasteiger partial charge < -0.3 is 21.7 Å². The van der Waals surface area contributed by atoms with Crippen molar-refractivity contribution in [3.63, 3.8) is 0 Å². The van der Waals surface area contributed by atoms with Crippen molar-refractivity contribution in [2.75, 3.05) is 36.0 Å². The third-order valence-corrected chi connectivity index (χ3v) is 18.7. The molecule has 11 N–H and O–H groups in total. The van der Waals surface area contributed by atoms with Crippen LogP contribution in [-0.2, 0) is 82.4 Å². The minimum absolute atomic E-state index is 0.00996. The van der Waals surface area contributed by atoms with Crippen LogP contribution in [0.1, 0.15) is 35.1 Å². The second-order valence-electron chi connectivity index (χ2n) is 19.6. The van der Waals surface area contributed by atoms with Crippen LogP contribution in [0, 0.1) is 13.8 Å². The number of aromatic hydroxyl groups is 2. The number of sulfonamides is 1. The zero-order valence-corrected chi connectivity index (χ0v) is 52.1. The number of phenolic OH excluding ortho intramolecular Hbond substituents is 2. The van der Waals surface area contributed by atoms with Gasteiger partial charge in [-0.3, -0.25) is 27.1 Å². The largest absolute Gasteiger partial charge is 0.505 e. The monoisotopic (exact) mass is 1370 g/mol. The molecule has 0 fully saturated rings. The Morgan fingerprint density at radius 1 is 0.440 bits per heavy atom. The number of nitrogens with zero attached hydrogens (tertiary/aromatic N) is 9. The summed E-state index contributed by atoms with van der Waals surface area (Å²) in [7, 11) is -28.6. The van der Waals surface area contributed by atoms with Crippen molar-refractivity contribution in [3.05, 3.63) is 138 Å². The molecule has 0 atom stereocenters. The minimum atomic E-state index is -5.35. The van der Waals surface area contributed by atoms with Gasteiger partial charge in [0.2, 0.25) is 0 Å². The molecule has 91 heavy (non-hydrogen) atoms. The van der Waals surface area contributed by atoms with E-state index in [1.54, 1.807) is 55.5 Å². The summed E-state index contributed by atoms with van der Waals surface area (Å²) in [6.07, 6.45) is 1.30. The molecule has 0 radical (unpaired) electrons. The van der Waals surface area contributed by atoms with Crippen LogP contribution in [0.5, 0.6) is 11.5 Å². The number of benzene rings is 8. The van der Waals surface area contributed by atoms with Gasteiger partial charge in [-0.05, 0) is 164 Å². The summed E-state index contributed by atoms with van der Waals surface area (Å²) in [6, 6.07) is 24.5. The molecule has 0 aliphatic heterocycles. The molecule has 32 nitrogen and oxygen atoms in total. The molecule has 0 spiro atoms. The molecule has 8 rings (SSSR count). The average molecular weight is 1370 g/mol. The van der Waals surface area contributed by atoms with E-state index in [0.29, 0.717) is 45.7 Å². The zero-order chi connectivity index (χ0) is 66.8. The first-order chi connectivity index (χ1) is 42.4. The summed E-state index contributed by atoms with van der Waals surface area (Å²) in [5.41, 5.74) is 12.4. The quantitative estimate of drug-likeness (QED) is 0.0117. The number of hydrogen-bond acceptors (Lipinski definition) is 26. The Morgan fingerprint density at radius 2 is 0.802 bits per heavy atom. The summed E-state index contributed by atoms with van der Waals surface area (Å²) in [4.78, 5) is -3.46. The highest BCUT2D eigenvalue weighted by Gasteiger charge is 2.29. The molecule has 0 aliphatic carbocycles. The molecule has 38 heteroatoms. The van der Waals surface area contributed by atoms with Crippen molar-refractivity contribution in [2.24, 2.45) is 40.9 Å². The fraction of sp³-hybridized carbons (Fsp3) is 0.170. The van der Waals surface area contributed by atoms with E-state index >= 15 is 0 Å². The van der Waals surface area contributed by atoms with E-state index in [1.807, 2.05) is 0 Å². The van der Waals surface area contributed by atoms with Crippen molar-refractivity contribution >= 4 is 145 Å². The van der Waals surface area contributed by atoms with Crippen molar-refractivity contribution in [1.29, 1.82) is 0 Å². The molecule has 0 bridgehead atoms. The maximum Gasteiger partial charge on any atom is 0.397 e. The van der Waals surface area contributed by atoms with Crippen molar-refractivity contribution in [1.82, 2.24) is 0 Å². The fourth-order valence-electron chi connectivity index (χ4n) is 8.95. The van der Waals surface area contributed by atoms with E-state index in [9.17, 15) is 74.4 Å². The average Bonchev–Trinajstić information content (AvgIpc) is 0.857. The highest BCUT2D eigenvalue weighted by molar-refractivity contribution is 7.92. The van der Waals surface area contributed by atoms with Crippen LogP contribution in [0.3, 0.4) is 0 Å². The van der Waals surface area contributed by atoms with E-state index in [1.165, 1.54) is 19.1 Å². The molecule has 0 amide bonds. The van der Waals surface area contributed by atoms with Gasteiger partial charge in [-0.2, -0.15) is 57.4 Å². The van der Waals surface area contributed by atoms with Gasteiger partial charge in [-0.25, -0.2) is 16.8 Å². The van der Waals surface area contributed by atoms with E-state index in [2.05, 4.69) is 49.3 Å². The predicted molar refractivity (Wildman–Crippen MR) is 329 cm³/mol. The molecule has 0 heterocycles. The topological polar surface area (TPSA) is 519 Å². The number of azo groups is 4. The first-order valence-corrected chi connectivity index (χ1v) is 34.3. The number of aryl methyl sites for hydroxylation is 4. The molecular weight excluding hydrogens is 1320 g/mol. The van der Waals surface area contributed by atoms with Gasteiger partial charge in [0.1, 0.15) is 43.1 Å². The maximum atomic E-state index is 14.0. The predicted octanol–water partition coefficient (Wildman–Crippen LogP) is 10.9. The Bertz CT molecular complexity index is 5060. The van der Waals surface area contributed by atoms with Gasteiger partial charge in [0, 0.05) is 7.05 Å². The lowest BCUT2D eigenvalue weighted by atomic mass is 10.0. The van der Waals surface area contributed by atoms with Gasteiger partial charge in [-0.15, -0.1) is 25.6 Å². The molecule has 0 unspecified atom stereocenters. The summed E-state index contributed by atoms with van der Waals surface area (Å²) in [6.45, 7) is 2.60. The molecule has 8 aromatic carbocycles. The Morgan fingerprint density at radius 3 is 1.18 bits per heavy atom. The van der Waals surface area contributed by atoms with E-state index in [4.69, 9.17) is 20.6 Å². The Hall–Kier alpha value is -8.90. The Balaban J connectivity index is 1.04. The highest BCUT2D eigenvalue weighted by atomic mass is 32.3. The second-order valence-corrected chi connectivity index (χ2v) is 28.0. The van der Waals surface area contributed by atoms with Gasteiger partial charge in [0.05, 0.1) is 63.0 Å². The first-order valence-electron chi connectivity index (χ1n) is 25.8. The highest BCUT2D eigenvalue weighted by Crippen LogP contribution is 2.49. The molecular formula is C53H51N11O21S6. The smallest absolute Gasteiger partial charge is 0.397 e. The summed E-state index contributed by atoms with van der Waals surface area (Å²) in [5, 5.41) is 54.9. The van der Waals surface area contributed by atoms with Crippen LogP contribution >= 0.6 is 0 Å². The van der Waals surface area contributed by atoms with Crippen molar-refractivity contribution in [3.8, 4) is 11.5 Å². The minimum Gasteiger partial charge on any atom is -0.505 e. The van der Waals surface area contributed by atoms with Crippen molar-refractivity contribution < 1.29 is 91.8 Å². The lowest BCUT2D eigenvalue weighted by Crippen LogP contribution is -2.26. The van der Waals surface area contributed by atoms with Crippen LogP contribution in [0.4, 0.5) is 62.6 Å². The molecule has 0 saturated heterocycles.